The minimum Gasteiger partial charge on any atom is -0.459 e. The predicted molar refractivity (Wildman–Crippen MR) is 95.1 cm³/mol. The summed E-state index contributed by atoms with van der Waals surface area (Å²) in [5, 5.41) is 4.97. The van der Waals surface area contributed by atoms with Crippen LogP contribution in [0.4, 0.5) is 0 Å². The molecule has 1 aromatic carbocycles. The molecule has 0 spiro atoms. The van der Waals surface area contributed by atoms with E-state index in [0.717, 1.165) is 12.0 Å². The van der Waals surface area contributed by atoms with Crippen LogP contribution in [0.3, 0.4) is 0 Å². The van der Waals surface area contributed by atoms with E-state index in [-0.39, 0.29) is 5.91 Å². The van der Waals surface area contributed by atoms with E-state index < -0.39 is 0 Å². The van der Waals surface area contributed by atoms with Crippen LogP contribution in [0, 0.1) is 0 Å². The molecule has 0 fully saturated rings. The van der Waals surface area contributed by atoms with Gasteiger partial charge in [-0.05, 0) is 36.1 Å². The van der Waals surface area contributed by atoms with E-state index in [1.165, 1.54) is 9.77 Å². The number of furan rings is 1. The molecule has 0 saturated carbocycles. The SMILES string of the molecule is O=C(NCCc1cccs1)c1occc1CSc1ccccc1. The van der Waals surface area contributed by atoms with Crippen molar-refractivity contribution in [2.45, 2.75) is 17.1 Å². The standard InChI is InChI=1S/C18H17NO2S2/c20-18(19-10-8-16-7-4-12-22-16)17-14(9-11-21-17)13-23-15-5-2-1-3-6-15/h1-7,9,11-12H,8,10,13H2,(H,19,20). The normalized spacial score (nSPS) is 10.6. The molecule has 1 amide bonds. The summed E-state index contributed by atoms with van der Waals surface area (Å²) >= 11 is 3.40. The molecular weight excluding hydrogens is 326 g/mol. The number of thiophene rings is 1. The summed E-state index contributed by atoms with van der Waals surface area (Å²) < 4.78 is 5.38. The Morgan fingerprint density at radius 2 is 2.00 bits per heavy atom. The molecule has 3 nitrogen and oxygen atoms in total. The Kier molecular flexibility index (Phi) is 5.56. The van der Waals surface area contributed by atoms with Crippen LogP contribution in [0.5, 0.6) is 0 Å². The van der Waals surface area contributed by atoms with Crippen molar-refractivity contribution in [3.05, 3.63) is 76.4 Å². The van der Waals surface area contributed by atoms with Crippen molar-refractivity contribution in [3.8, 4) is 0 Å². The fraction of sp³-hybridized carbons (Fsp3) is 0.167. The number of carbonyl (C=O) groups excluding carboxylic acids is 1. The summed E-state index contributed by atoms with van der Waals surface area (Å²) in [7, 11) is 0. The van der Waals surface area contributed by atoms with Crippen molar-refractivity contribution in [2.75, 3.05) is 6.54 Å². The van der Waals surface area contributed by atoms with Gasteiger partial charge in [-0.1, -0.05) is 24.3 Å². The zero-order chi connectivity index (χ0) is 15.9. The second-order valence-electron chi connectivity index (χ2n) is 4.96. The van der Waals surface area contributed by atoms with Gasteiger partial charge in [-0.2, -0.15) is 0 Å². The average molecular weight is 343 g/mol. The van der Waals surface area contributed by atoms with Crippen LogP contribution < -0.4 is 5.32 Å². The number of hydrogen-bond donors (Lipinski definition) is 1. The first-order chi connectivity index (χ1) is 11.3. The molecule has 0 saturated heterocycles. The van der Waals surface area contributed by atoms with Crippen LogP contribution in [0.25, 0.3) is 0 Å². The third kappa shape index (κ3) is 4.50. The molecule has 0 bridgehead atoms. The maximum absolute atomic E-state index is 12.3. The molecule has 0 aliphatic rings. The number of rotatable bonds is 7. The van der Waals surface area contributed by atoms with Crippen LogP contribution in [-0.4, -0.2) is 12.5 Å². The molecule has 3 rings (SSSR count). The second kappa shape index (κ2) is 8.04. The summed E-state index contributed by atoms with van der Waals surface area (Å²) in [4.78, 5) is 14.7. The van der Waals surface area contributed by atoms with Crippen molar-refractivity contribution in [3.63, 3.8) is 0 Å². The van der Waals surface area contributed by atoms with Gasteiger partial charge in [0, 0.05) is 27.6 Å². The first kappa shape index (κ1) is 15.9. The van der Waals surface area contributed by atoms with E-state index >= 15 is 0 Å². The van der Waals surface area contributed by atoms with Gasteiger partial charge in [0.25, 0.3) is 5.91 Å². The molecule has 118 valence electrons. The Bertz CT molecular complexity index is 735. The van der Waals surface area contributed by atoms with E-state index in [4.69, 9.17) is 4.42 Å². The van der Waals surface area contributed by atoms with Gasteiger partial charge in [0.05, 0.1) is 6.26 Å². The average Bonchev–Trinajstić information content (AvgIpc) is 3.25. The Hall–Kier alpha value is -1.98. The van der Waals surface area contributed by atoms with Gasteiger partial charge < -0.3 is 9.73 Å². The van der Waals surface area contributed by atoms with Crippen LogP contribution >= 0.6 is 23.1 Å². The van der Waals surface area contributed by atoms with Crippen LogP contribution in [-0.2, 0) is 12.2 Å². The molecule has 0 atom stereocenters. The summed E-state index contributed by atoms with van der Waals surface area (Å²) in [6.45, 7) is 0.616. The van der Waals surface area contributed by atoms with Crippen molar-refractivity contribution in [2.24, 2.45) is 0 Å². The number of nitrogens with one attached hydrogen (secondary N) is 1. The minimum atomic E-state index is -0.143. The van der Waals surface area contributed by atoms with Gasteiger partial charge in [0.1, 0.15) is 0 Å². The number of benzene rings is 1. The molecule has 3 aromatic rings. The lowest BCUT2D eigenvalue weighted by Gasteiger charge is -2.05. The van der Waals surface area contributed by atoms with Crippen LogP contribution in [0.15, 0.2) is 69.5 Å². The molecule has 0 aliphatic heterocycles. The van der Waals surface area contributed by atoms with Crippen LogP contribution in [0.2, 0.25) is 0 Å². The Morgan fingerprint density at radius 3 is 2.78 bits per heavy atom. The fourth-order valence-electron chi connectivity index (χ4n) is 2.16. The molecular formula is C18H17NO2S2. The lowest BCUT2D eigenvalue weighted by molar-refractivity contribution is 0.0925. The Morgan fingerprint density at radius 1 is 1.13 bits per heavy atom. The lowest BCUT2D eigenvalue weighted by Crippen LogP contribution is -2.25. The predicted octanol–water partition coefficient (Wildman–Crippen LogP) is 4.61. The van der Waals surface area contributed by atoms with Crippen molar-refractivity contribution in [1.82, 2.24) is 5.32 Å². The van der Waals surface area contributed by atoms with Gasteiger partial charge in [0.15, 0.2) is 5.76 Å². The van der Waals surface area contributed by atoms with Gasteiger partial charge >= 0.3 is 0 Å². The van der Waals surface area contributed by atoms with E-state index in [1.807, 2.05) is 35.7 Å². The molecule has 23 heavy (non-hydrogen) atoms. The van der Waals surface area contributed by atoms with Crippen LogP contribution in [0.1, 0.15) is 21.0 Å². The summed E-state index contributed by atoms with van der Waals surface area (Å²) in [6.07, 6.45) is 2.42. The molecule has 5 heteroatoms. The summed E-state index contributed by atoms with van der Waals surface area (Å²) in [5.41, 5.74) is 0.924. The number of thioether (sulfide) groups is 1. The molecule has 0 radical (unpaired) electrons. The summed E-state index contributed by atoms with van der Waals surface area (Å²) in [5.74, 6) is 0.989. The first-order valence-corrected chi connectivity index (χ1v) is 9.24. The molecule has 0 aliphatic carbocycles. The van der Waals surface area contributed by atoms with E-state index in [0.29, 0.717) is 18.1 Å². The molecule has 1 N–H and O–H groups in total. The highest BCUT2D eigenvalue weighted by atomic mass is 32.2. The minimum absolute atomic E-state index is 0.143. The van der Waals surface area contributed by atoms with E-state index in [2.05, 4.69) is 23.5 Å². The molecule has 2 aromatic heterocycles. The number of hydrogen-bond acceptors (Lipinski definition) is 4. The Labute approximate surface area is 143 Å². The second-order valence-corrected chi connectivity index (χ2v) is 7.04. The van der Waals surface area contributed by atoms with Gasteiger partial charge in [-0.25, -0.2) is 0 Å². The monoisotopic (exact) mass is 343 g/mol. The highest BCUT2D eigenvalue weighted by Crippen LogP contribution is 2.24. The van der Waals surface area contributed by atoms with Crippen molar-refractivity contribution >= 4 is 29.0 Å². The van der Waals surface area contributed by atoms with Gasteiger partial charge in [0.2, 0.25) is 0 Å². The smallest absolute Gasteiger partial charge is 0.287 e. The lowest BCUT2D eigenvalue weighted by atomic mass is 10.2. The maximum Gasteiger partial charge on any atom is 0.287 e. The van der Waals surface area contributed by atoms with Crippen molar-refractivity contribution < 1.29 is 9.21 Å². The molecule has 0 unspecified atom stereocenters. The Balaban J connectivity index is 1.53. The largest absolute Gasteiger partial charge is 0.459 e. The maximum atomic E-state index is 12.3. The number of amides is 1. The zero-order valence-electron chi connectivity index (χ0n) is 12.5. The zero-order valence-corrected chi connectivity index (χ0v) is 14.2. The van der Waals surface area contributed by atoms with Gasteiger partial charge in [-0.3, -0.25) is 4.79 Å². The topological polar surface area (TPSA) is 42.2 Å². The highest BCUT2D eigenvalue weighted by molar-refractivity contribution is 7.98. The molecule has 2 heterocycles. The third-order valence-electron chi connectivity index (χ3n) is 3.33. The quantitative estimate of drug-likeness (QED) is 0.637. The van der Waals surface area contributed by atoms with Gasteiger partial charge in [-0.15, -0.1) is 23.1 Å². The fourth-order valence-corrected chi connectivity index (χ4v) is 3.77. The van der Waals surface area contributed by atoms with E-state index in [1.54, 1.807) is 29.4 Å². The summed E-state index contributed by atoms with van der Waals surface area (Å²) in [6, 6.07) is 16.1. The van der Waals surface area contributed by atoms with E-state index in [9.17, 15) is 4.79 Å². The van der Waals surface area contributed by atoms with Crippen molar-refractivity contribution in [1.29, 1.82) is 0 Å². The third-order valence-corrected chi connectivity index (χ3v) is 5.32. The highest BCUT2D eigenvalue weighted by Gasteiger charge is 2.15. The first-order valence-electron chi connectivity index (χ1n) is 7.38. The number of carbonyl (C=O) groups is 1.